The van der Waals surface area contributed by atoms with E-state index in [4.69, 9.17) is 7.85 Å². The van der Waals surface area contributed by atoms with Gasteiger partial charge >= 0.3 is 0 Å². The Bertz CT molecular complexity index is 288. The summed E-state index contributed by atoms with van der Waals surface area (Å²) in [5.41, 5.74) is 0.670. The number of aliphatic hydroxyl groups excluding tert-OH is 1. The molecular formula is C9H11BN2O. The molecular weight excluding hydrogens is 163 g/mol. The molecule has 0 aliphatic carbocycles. The number of pyridine rings is 1. The molecule has 2 heterocycles. The van der Waals surface area contributed by atoms with Crippen molar-refractivity contribution in [3.05, 3.63) is 18.3 Å². The Morgan fingerprint density at radius 3 is 2.92 bits per heavy atom. The first-order valence-corrected chi connectivity index (χ1v) is 4.40. The third-order valence-electron chi connectivity index (χ3n) is 2.26. The van der Waals surface area contributed by atoms with Crippen LogP contribution in [0.25, 0.3) is 0 Å². The van der Waals surface area contributed by atoms with E-state index in [1.807, 2.05) is 12.1 Å². The third kappa shape index (κ3) is 1.83. The van der Waals surface area contributed by atoms with Gasteiger partial charge in [-0.25, -0.2) is 4.98 Å². The van der Waals surface area contributed by atoms with Crippen LogP contribution in [0.4, 0.5) is 5.82 Å². The number of aromatic nitrogens is 1. The van der Waals surface area contributed by atoms with Gasteiger partial charge in [0.1, 0.15) is 13.7 Å². The Balaban J connectivity index is 2.13. The monoisotopic (exact) mass is 174 g/mol. The Morgan fingerprint density at radius 1 is 1.54 bits per heavy atom. The van der Waals surface area contributed by atoms with Gasteiger partial charge in [-0.15, -0.1) is 0 Å². The van der Waals surface area contributed by atoms with Crippen LogP contribution in [0.1, 0.15) is 6.42 Å². The summed E-state index contributed by atoms with van der Waals surface area (Å²) in [7, 11) is 5.52. The molecule has 2 radical (unpaired) electrons. The number of aliphatic hydroxyl groups is 1. The number of anilines is 1. The molecule has 1 atom stereocenters. The van der Waals surface area contributed by atoms with Crippen molar-refractivity contribution in [3.63, 3.8) is 0 Å². The van der Waals surface area contributed by atoms with Crippen LogP contribution in [0, 0.1) is 0 Å². The minimum absolute atomic E-state index is 0.209. The first-order chi connectivity index (χ1) is 6.25. The van der Waals surface area contributed by atoms with E-state index in [0.717, 1.165) is 18.8 Å². The first-order valence-electron chi connectivity index (χ1n) is 4.40. The molecule has 3 nitrogen and oxygen atoms in total. The number of rotatable bonds is 1. The molecule has 1 aromatic rings. The van der Waals surface area contributed by atoms with Crippen LogP contribution in [0.5, 0.6) is 0 Å². The standard InChI is InChI=1S/C9H11BN2O/c10-7-1-2-9(11-5-7)12-4-3-8(13)6-12/h1-2,5,8,13H,3-4,6H2. The lowest BCUT2D eigenvalue weighted by atomic mass is 9.99. The van der Waals surface area contributed by atoms with E-state index < -0.39 is 0 Å². The zero-order valence-corrected chi connectivity index (χ0v) is 7.35. The molecule has 66 valence electrons. The zero-order chi connectivity index (χ0) is 9.26. The Kier molecular flexibility index (Phi) is 2.23. The number of hydrogen-bond acceptors (Lipinski definition) is 3. The highest BCUT2D eigenvalue weighted by Crippen LogP contribution is 2.16. The molecule has 1 aliphatic heterocycles. The van der Waals surface area contributed by atoms with Gasteiger partial charge in [-0.3, -0.25) is 0 Å². The molecule has 1 unspecified atom stereocenters. The van der Waals surface area contributed by atoms with E-state index in [0.29, 0.717) is 12.0 Å². The summed E-state index contributed by atoms with van der Waals surface area (Å²) in [6.07, 6.45) is 2.26. The second kappa shape index (κ2) is 3.38. The normalized spacial score (nSPS) is 22.2. The van der Waals surface area contributed by atoms with Crippen molar-refractivity contribution in [1.82, 2.24) is 4.98 Å². The van der Waals surface area contributed by atoms with E-state index in [-0.39, 0.29) is 6.10 Å². The van der Waals surface area contributed by atoms with Crippen LogP contribution < -0.4 is 10.4 Å². The van der Waals surface area contributed by atoms with Gasteiger partial charge < -0.3 is 10.0 Å². The van der Waals surface area contributed by atoms with Gasteiger partial charge in [0.15, 0.2) is 0 Å². The van der Waals surface area contributed by atoms with Gasteiger partial charge in [-0.1, -0.05) is 11.5 Å². The summed E-state index contributed by atoms with van der Waals surface area (Å²) in [6.45, 7) is 1.55. The largest absolute Gasteiger partial charge is 0.391 e. The van der Waals surface area contributed by atoms with Crippen molar-refractivity contribution in [3.8, 4) is 0 Å². The predicted molar refractivity (Wildman–Crippen MR) is 52.5 cm³/mol. The Labute approximate surface area is 78.8 Å². The maximum Gasteiger partial charge on any atom is 0.128 e. The van der Waals surface area contributed by atoms with Crippen molar-refractivity contribution in [2.24, 2.45) is 0 Å². The molecule has 1 saturated heterocycles. The fourth-order valence-electron chi connectivity index (χ4n) is 1.53. The van der Waals surface area contributed by atoms with Crippen molar-refractivity contribution >= 4 is 19.1 Å². The van der Waals surface area contributed by atoms with E-state index in [1.54, 1.807) is 6.20 Å². The number of nitrogens with zero attached hydrogens (tertiary/aromatic N) is 2. The maximum absolute atomic E-state index is 9.32. The highest BCUT2D eigenvalue weighted by atomic mass is 16.3. The number of hydrogen-bond donors (Lipinski definition) is 1. The van der Waals surface area contributed by atoms with Crippen LogP contribution in [0.15, 0.2) is 18.3 Å². The second-order valence-corrected chi connectivity index (χ2v) is 3.34. The molecule has 1 aromatic heterocycles. The molecule has 1 N–H and O–H groups in total. The molecule has 0 aromatic carbocycles. The molecule has 1 fully saturated rings. The molecule has 0 bridgehead atoms. The van der Waals surface area contributed by atoms with Gasteiger partial charge in [0, 0.05) is 19.3 Å². The lowest BCUT2D eigenvalue weighted by molar-refractivity contribution is 0.198. The van der Waals surface area contributed by atoms with E-state index in [2.05, 4.69) is 9.88 Å². The predicted octanol–water partition coefficient (Wildman–Crippen LogP) is -0.554. The fourth-order valence-corrected chi connectivity index (χ4v) is 1.53. The molecule has 4 heteroatoms. The highest BCUT2D eigenvalue weighted by molar-refractivity contribution is 6.32. The average molecular weight is 174 g/mol. The summed E-state index contributed by atoms with van der Waals surface area (Å²) >= 11 is 0. The van der Waals surface area contributed by atoms with E-state index in [9.17, 15) is 5.11 Å². The van der Waals surface area contributed by atoms with Gasteiger partial charge in [0.25, 0.3) is 0 Å². The zero-order valence-electron chi connectivity index (χ0n) is 7.35. The summed E-state index contributed by atoms with van der Waals surface area (Å²) in [5, 5.41) is 9.32. The van der Waals surface area contributed by atoms with Gasteiger partial charge in [0.05, 0.1) is 6.10 Å². The van der Waals surface area contributed by atoms with Gasteiger partial charge in [-0.2, -0.15) is 0 Å². The van der Waals surface area contributed by atoms with E-state index >= 15 is 0 Å². The third-order valence-corrected chi connectivity index (χ3v) is 2.26. The summed E-state index contributed by atoms with van der Waals surface area (Å²) in [6, 6.07) is 3.71. The Hall–Kier alpha value is -1.03. The van der Waals surface area contributed by atoms with Crippen LogP contribution in [-0.2, 0) is 0 Å². The van der Waals surface area contributed by atoms with Crippen molar-refractivity contribution < 1.29 is 5.11 Å². The topological polar surface area (TPSA) is 36.4 Å². The second-order valence-electron chi connectivity index (χ2n) is 3.34. The summed E-state index contributed by atoms with van der Waals surface area (Å²) < 4.78 is 0. The summed E-state index contributed by atoms with van der Waals surface area (Å²) in [5.74, 6) is 0.894. The molecule has 0 amide bonds. The van der Waals surface area contributed by atoms with Crippen LogP contribution in [0.2, 0.25) is 0 Å². The minimum Gasteiger partial charge on any atom is -0.391 e. The smallest absolute Gasteiger partial charge is 0.128 e. The van der Waals surface area contributed by atoms with Gasteiger partial charge in [0.2, 0.25) is 0 Å². The fraction of sp³-hybridized carbons (Fsp3) is 0.444. The molecule has 1 aliphatic rings. The van der Waals surface area contributed by atoms with Crippen molar-refractivity contribution in [1.29, 1.82) is 0 Å². The first kappa shape index (κ1) is 8.57. The van der Waals surface area contributed by atoms with Crippen LogP contribution in [-0.4, -0.2) is 37.1 Å². The molecule has 0 saturated carbocycles. The molecule has 13 heavy (non-hydrogen) atoms. The minimum atomic E-state index is -0.209. The lowest BCUT2D eigenvalue weighted by Crippen LogP contribution is -2.22. The Morgan fingerprint density at radius 2 is 2.38 bits per heavy atom. The average Bonchev–Trinajstić information content (AvgIpc) is 2.53. The SMILES string of the molecule is [B]c1ccc(N2CCC(O)C2)nc1. The summed E-state index contributed by atoms with van der Waals surface area (Å²) in [4.78, 5) is 6.24. The quantitative estimate of drug-likeness (QED) is 0.580. The maximum atomic E-state index is 9.32. The lowest BCUT2D eigenvalue weighted by Gasteiger charge is -2.16. The molecule has 2 rings (SSSR count). The van der Waals surface area contributed by atoms with Gasteiger partial charge in [-0.05, 0) is 12.5 Å². The van der Waals surface area contributed by atoms with Crippen LogP contribution in [0.3, 0.4) is 0 Å². The van der Waals surface area contributed by atoms with Crippen LogP contribution >= 0.6 is 0 Å². The van der Waals surface area contributed by atoms with E-state index in [1.165, 1.54) is 0 Å². The van der Waals surface area contributed by atoms with Crippen molar-refractivity contribution in [2.45, 2.75) is 12.5 Å². The number of β-amino-alcohol motifs (C(OH)–C–C–N with tert-alkyl or cyclic N) is 1. The molecule has 0 spiro atoms. The van der Waals surface area contributed by atoms with Crippen molar-refractivity contribution in [2.75, 3.05) is 18.0 Å². The highest BCUT2D eigenvalue weighted by Gasteiger charge is 2.20.